The fraction of sp³-hybridized carbons (Fsp3) is 0.364. The van der Waals surface area contributed by atoms with Gasteiger partial charge in [0.25, 0.3) is 5.91 Å². The molecule has 14 heteroatoms. The molecule has 3 aromatic rings. The third kappa shape index (κ3) is 5.03. The molecule has 7 rings (SSSR count). The van der Waals surface area contributed by atoms with Gasteiger partial charge in [0, 0.05) is 34.8 Å². The highest BCUT2D eigenvalue weighted by molar-refractivity contribution is 6.01. The van der Waals surface area contributed by atoms with E-state index in [1.54, 1.807) is 0 Å². The van der Waals surface area contributed by atoms with E-state index in [9.17, 15) is 44.7 Å². The molecule has 2 bridgehead atoms. The first-order valence-corrected chi connectivity index (χ1v) is 14.8. The summed E-state index contributed by atoms with van der Waals surface area (Å²) in [5, 5.41) is 5.40. The van der Waals surface area contributed by atoms with Crippen molar-refractivity contribution in [3.63, 3.8) is 0 Å². The van der Waals surface area contributed by atoms with Gasteiger partial charge in [0.1, 0.15) is 11.6 Å². The van der Waals surface area contributed by atoms with Crippen LogP contribution in [0, 0.1) is 34.9 Å². The Balaban J connectivity index is 1.21. The van der Waals surface area contributed by atoms with Crippen LogP contribution < -0.4 is 15.4 Å². The number of carbonyl (C=O) groups excluding carboxylic acids is 2. The minimum absolute atomic E-state index is 0.0305. The summed E-state index contributed by atoms with van der Waals surface area (Å²) in [6.45, 7) is 0. The number of methoxy groups -OCH3 is 1. The molecule has 0 radical (unpaired) electrons. The maximum Gasteiger partial charge on any atom is 0.419 e. The first-order valence-electron chi connectivity index (χ1n) is 14.8. The second-order valence-electron chi connectivity index (χ2n) is 12.4. The highest BCUT2D eigenvalue weighted by atomic mass is 19.4. The maximum atomic E-state index is 14.6. The fourth-order valence-corrected chi connectivity index (χ4v) is 7.75. The van der Waals surface area contributed by atoms with Crippen molar-refractivity contribution in [2.45, 2.75) is 44.1 Å². The number of nitrogens with one attached hydrogen (secondary N) is 2. The van der Waals surface area contributed by atoms with Gasteiger partial charge in [0.05, 0.1) is 29.7 Å². The predicted octanol–water partition coefficient (Wildman–Crippen LogP) is 7.56. The summed E-state index contributed by atoms with van der Waals surface area (Å²) >= 11 is 0. The lowest BCUT2D eigenvalue weighted by atomic mass is 9.72. The Hall–Kier alpha value is -4.49. The summed E-state index contributed by atoms with van der Waals surface area (Å²) in [6.07, 6.45) is -6.21. The Labute approximate surface area is 262 Å². The molecule has 0 saturated heterocycles. The summed E-state index contributed by atoms with van der Waals surface area (Å²) in [5.41, 5.74) is -2.05. The number of ether oxygens (including phenoxy) is 1. The molecule has 1 heterocycles. The Morgan fingerprint density at radius 1 is 0.936 bits per heavy atom. The highest BCUT2D eigenvalue weighted by Crippen LogP contribution is 2.80. The van der Waals surface area contributed by atoms with Gasteiger partial charge in [-0.05, 0) is 73.6 Å². The molecule has 246 valence electrons. The van der Waals surface area contributed by atoms with Crippen LogP contribution in [0.5, 0.6) is 5.75 Å². The normalized spacial score (nSPS) is 24.7. The molecule has 47 heavy (non-hydrogen) atoms. The van der Waals surface area contributed by atoms with Crippen LogP contribution in [0.25, 0.3) is 11.1 Å². The molecule has 0 aliphatic heterocycles. The number of rotatable bonds is 7. The smallest absolute Gasteiger partial charge is 0.419 e. The average Bonchev–Trinajstić information content (AvgIpc) is 3.90. The van der Waals surface area contributed by atoms with E-state index in [0.717, 1.165) is 24.5 Å². The van der Waals surface area contributed by atoms with E-state index in [1.165, 1.54) is 30.9 Å². The number of pyridine rings is 1. The van der Waals surface area contributed by atoms with Gasteiger partial charge in [-0.15, -0.1) is 0 Å². The van der Waals surface area contributed by atoms with Crippen LogP contribution in [0.3, 0.4) is 0 Å². The van der Waals surface area contributed by atoms with Gasteiger partial charge in [-0.25, -0.2) is 9.37 Å². The molecule has 1 aromatic heterocycles. The van der Waals surface area contributed by atoms with Crippen LogP contribution in [-0.2, 0) is 17.1 Å². The Kier molecular flexibility index (Phi) is 6.96. The Morgan fingerprint density at radius 3 is 2.34 bits per heavy atom. The molecular formula is C33H25F8N3O3. The van der Waals surface area contributed by atoms with Crippen LogP contribution in [0.2, 0.25) is 0 Å². The maximum absolute atomic E-state index is 14.6. The van der Waals surface area contributed by atoms with Gasteiger partial charge < -0.3 is 15.4 Å². The molecule has 4 aliphatic carbocycles. The molecule has 3 fully saturated rings. The quantitative estimate of drug-likeness (QED) is 0.155. The first kappa shape index (κ1) is 31.1. The lowest BCUT2D eigenvalue weighted by Crippen LogP contribution is -2.51. The van der Waals surface area contributed by atoms with Gasteiger partial charge in [0.2, 0.25) is 11.9 Å². The lowest BCUT2D eigenvalue weighted by Gasteiger charge is -2.36. The monoisotopic (exact) mass is 663 g/mol. The molecule has 6 nitrogen and oxygen atoms in total. The zero-order valence-corrected chi connectivity index (χ0v) is 24.5. The number of alkyl halides is 6. The number of halogens is 8. The summed E-state index contributed by atoms with van der Waals surface area (Å²) in [4.78, 5) is 30.9. The topological polar surface area (TPSA) is 80.3 Å². The number of allylic oxidation sites excluding steroid dienone is 1. The van der Waals surface area contributed by atoms with Crippen molar-refractivity contribution in [2.75, 3.05) is 12.4 Å². The van der Waals surface area contributed by atoms with E-state index in [-0.39, 0.29) is 28.5 Å². The molecular weight excluding hydrogens is 638 g/mol. The summed E-state index contributed by atoms with van der Waals surface area (Å²) in [6, 6.07) is 5.72. The van der Waals surface area contributed by atoms with E-state index in [4.69, 9.17) is 4.74 Å². The van der Waals surface area contributed by atoms with E-state index >= 15 is 0 Å². The third-order valence-electron chi connectivity index (χ3n) is 9.76. The van der Waals surface area contributed by atoms with E-state index < -0.39 is 70.0 Å². The predicted molar refractivity (Wildman–Crippen MR) is 151 cm³/mol. The van der Waals surface area contributed by atoms with Gasteiger partial charge in [-0.3, -0.25) is 9.59 Å². The van der Waals surface area contributed by atoms with Crippen molar-refractivity contribution in [1.82, 2.24) is 10.3 Å². The van der Waals surface area contributed by atoms with Crippen molar-refractivity contribution in [2.24, 2.45) is 23.2 Å². The molecule has 4 atom stereocenters. The molecule has 2 N–H and O–H groups in total. The average molecular weight is 664 g/mol. The fourth-order valence-electron chi connectivity index (χ4n) is 7.75. The molecule has 2 aromatic carbocycles. The molecule has 2 unspecified atom stereocenters. The zero-order chi connectivity index (χ0) is 33.6. The lowest BCUT2D eigenvalue weighted by molar-refractivity contribution is -0.140. The number of amides is 2. The number of hydrogen-bond acceptors (Lipinski definition) is 4. The van der Waals surface area contributed by atoms with E-state index in [2.05, 4.69) is 15.6 Å². The number of nitrogens with zero attached hydrogens (tertiary/aromatic N) is 1. The SMILES string of the molecule is COc1ccc(-c2cc(C(F)(F)F)cnc2F)cc1C(=O)N[C@@H]1C2CCC3(C(C4CC4)=C23)[C@@H]1C(=O)Nc1ccc(F)c(C(F)(F)F)c1. The minimum Gasteiger partial charge on any atom is -0.496 e. The Morgan fingerprint density at radius 2 is 1.68 bits per heavy atom. The first-order chi connectivity index (χ1) is 22.1. The van der Waals surface area contributed by atoms with Crippen LogP contribution in [0.15, 0.2) is 59.8 Å². The number of hydrogen-bond donors (Lipinski definition) is 2. The van der Waals surface area contributed by atoms with Crippen molar-refractivity contribution < 1.29 is 49.4 Å². The highest BCUT2D eigenvalue weighted by Gasteiger charge is 2.76. The Bertz CT molecular complexity index is 1870. The number of aromatic nitrogens is 1. The number of carbonyl (C=O) groups is 2. The van der Waals surface area contributed by atoms with Gasteiger partial charge in [-0.2, -0.15) is 30.7 Å². The van der Waals surface area contributed by atoms with Gasteiger partial charge >= 0.3 is 12.4 Å². The number of benzene rings is 2. The van der Waals surface area contributed by atoms with Crippen molar-refractivity contribution in [3.05, 3.63) is 88.3 Å². The largest absolute Gasteiger partial charge is 0.496 e. The minimum atomic E-state index is -4.99. The molecule has 4 aliphatic rings. The second kappa shape index (κ2) is 10.5. The third-order valence-corrected chi connectivity index (χ3v) is 9.76. The van der Waals surface area contributed by atoms with Crippen LogP contribution >= 0.6 is 0 Å². The van der Waals surface area contributed by atoms with Crippen molar-refractivity contribution in [1.29, 1.82) is 0 Å². The second-order valence-corrected chi connectivity index (χ2v) is 12.4. The van der Waals surface area contributed by atoms with Crippen LogP contribution in [-0.4, -0.2) is 29.9 Å². The molecule has 0 spiro atoms. The molecule has 3 saturated carbocycles. The van der Waals surface area contributed by atoms with Crippen LogP contribution in [0.4, 0.5) is 40.8 Å². The van der Waals surface area contributed by atoms with Gasteiger partial charge in [-0.1, -0.05) is 17.2 Å². The van der Waals surface area contributed by atoms with E-state index in [0.29, 0.717) is 43.2 Å². The number of anilines is 1. The van der Waals surface area contributed by atoms with Crippen molar-refractivity contribution in [3.8, 4) is 16.9 Å². The van der Waals surface area contributed by atoms with Gasteiger partial charge in [0.15, 0.2) is 0 Å². The van der Waals surface area contributed by atoms with Crippen LogP contribution in [0.1, 0.15) is 47.2 Å². The standard InChI is InChI=1S/C33H25F8N3O3/c1-47-23-7-4-15(19-11-16(32(36,37)38)13-42-28(19)35)10-20(23)29(45)44-27-18-8-9-31(24(25(18)31)14-2-3-14)26(27)30(46)43-17-5-6-22(34)21(12-17)33(39,40)41/h4-7,10-14,18,26-27H,2-3,8-9H2,1H3,(H,43,46)(H,44,45)/t18?,26-,27+,31?/m0/s1. The van der Waals surface area contributed by atoms with Crippen molar-refractivity contribution >= 4 is 17.5 Å². The molecule has 2 amide bonds. The van der Waals surface area contributed by atoms with E-state index in [1.807, 2.05) is 0 Å². The zero-order valence-electron chi connectivity index (χ0n) is 24.5. The summed E-state index contributed by atoms with van der Waals surface area (Å²) < 4.78 is 114. The summed E-state index contributed by atoms with van der Waals surface area (Å²) in [5.74, 6) is -4.81. The summed E-state index contributed by atoms with van der Waals surface area (Å²) in [7, 11) is 1.27.